The van der Waals surface area contributed by atoms with Crippen molar-refractivity contribution >= 4 is 0 Å². The number of hydrogen-bond donors (Lipinski definition) is 1. The van der Waals surface area contributed by atoms with Gasteiger partial charge in [0.2, 0.25) is 0 Å². The van der Waals surface area contributed by atoms with E-state index >= 15 is 0 Å². The van der Waals surface area contributed by atoms with Crippen LogP contribution in [0, 0.1) is 17.8 Å². The fourth-order valence-corrected chi connectivity index (χ4v) is 2.42. The SMILES string of the molecule is C=C(C=C(OCC1CC1)C(=CC)C1CC1CN)CC. The maximum absolute atomic E-state index is 6.08. The zero-order chi connectivity index (χ0) is 13.8. The summed E-state index contributed by atoms with van der Waals surface area (Å²) in [6.07, 6.45) is 9.15. The Morgan fingerprint density at radius 2 is 2.16 bits per heavy atom. The van der Waals surface area contributed by atoms with Crippen molar-refractivity contribution in [2.45, 2.75) is 39.5 Å². The number of allylic oxidation sites excluding steroid dienone is 4. The van der Waals surface area contributed by atoms with Crippen LogP contribution in [0.4, 0.5) is 0 Å². The van der Waals surface area contributed by atoms with Gasteiger partial charge in [-0.25, -0.2) is 0 Å². The van der Waals surface area contributed by atoms with Gasteiger partial charge >= 0.3 is 0 Å². The molecule has 2 saturated carbocycles. The second-order valence-corrected chi connectivity index (χ2v) is 5.86. The molecule has 0 saturated heterocycles. The van der Waals surface area contributed by atoms with Crippen molar-refractivity contribution in [2.24, 2.45) is 23.5 Å². The number of nitrogens with two attached hydrogens (primary N) is 1. The van der Waals surface area contributed by atoms with Gasteiger partial charge in [-0.1, -0.05) is 25.2 Å². The van der Waals surface area contributed by atoms with Crippen molar-refractivity contribution in [1.82, 2.24) is 0 Å². The third-order valence-electron chi connectivity index (χ3n) is 4.18. The number of ether oxygens (including phenoxy) is 1. The van der Waals surface area contributed by atoms with E-state index in [0.29, 0.717) is 11.8 Å². The van der Waals surface area contributed by atoms with E-state index in [-0.39, 0.29) is 0 Å². The van der Waals surface area contributed by atoms with Gasteiger partial charge in [0, 0.05) is 0 Å². The summed E-state index contributed by atoms with van der Waals surface area (Å²) >= 11 is 0. The van der Waals surface area contributed by atoms with E-state index < -0.39 is 0 Å². The minimum atomic E-state index is 0.602. The summed E-state index contributed by atoms with van der Waals surface area (Å²) in [6.45, 7) is 9.96. The molecule has 19 heavy (non-hydrogen) atoms. The molecule has 0 bridgehead atoms. The zero-order valence-corrected chi connectivity index (χ0v) is 12.3. The molecule has 2 aliphatic carbocycles. The van der Waals surface area contributed by atoms with Crippen LogP contribution in [0.5, 0.6) is 0 Å². The lowest BCUT2D eigenvalue weighted by Crippen LogP contribution is -2.07. The van der Waals surface area contributed by atoms with Crippen LogP contribution in [0.25, 0.3) is 0 Å². The van der Waals surface area contributed by atoms with Crippen LogP contribution >= 0.6 is 0 Å². The van der Waals surface area contributed by atoms with Gasteiger partial charge in [0.25, 0.3) is 0 Å². The van der Waals surface area contributed by atoms with E-state index in [2.05, 4.69) is 32.6 Å². The molecule has 2 aliphatic rings. The van der Waals surface area contributed by atoms with E-state index in [1.165, 1.54) is 24.8 Å². The molecule has 2 unspecified atom stereocenters. The summed E-state index contributed by atoms with van der Waals surface area (Å²) in [5, 5.41) is 0. The molecule has 106 valence electrons. The Balaban J connectivity index is 2.05. The molecule has 2 atom stereocenters. The maximum Gasteiger partial charge on any atom is 0.122 e. The highest BCUT2D eigenvalue weighted by Crippen LogP contribution is 2.46. The maximum atomic E-state index is 6.08. The largest absolute Gasteiger partial charge is 0.493 e. The van der Waals surface area contributed by atoms with Crippen LogP contribution in [0.1, 0.15) is 39.5 Å². The highest BCUT2D eigenvalue weighted by atomic mass is 16.5. The minimum absolute atomic E-state index is 0.602. The van der Waals surface area contributed by atoms with Gasteiger partial charge in [0.15, 0.2) is 0 Å². The van der Waals surface area contributed by atoms with Crippen LogP contribution in [0.3, 0.4) is 0 Å². The van der Waals surface area contributed by atoms with Crippen LogP contribution in [0.15, 0.2) is 35.6 Å². The Morgan fingerprint density at radius 1 is 1.42 bits per heavy atom. The first kappa shape index (κ1) is 14.4. The Hall–Kier alpha value is -1.02. The molecule has 2 rings (SSSR count). The predicted octanol–water partition coefficient (Wildman–Crippen LogP) is 3.80. The molecule has 0 aromatic heterocycles. The summed E-state index contributed by atoms with van der Waals surface area (Å²) in [6, 6.07) is 0. The van der Waals surface area contributed by atoms with Gasteiger partial charge in [-0.2, -0.15) is 0 Å². The highest BCUT2D eigenvalue weighted by Gasteiger charge is 2.40. The van der Waals surface area contributed by atoms with Crippen LogP contribution in [-0.4, -0.2) is 13.2 Å². The zero-order valence-electron chi connectivity index (χ0n) is 12.3. The van der Waals surface area contributed by atoms with Gasteiger partial charge in [0.05, 0.1) is 6.61 Å². The fourth-order valence-electron chi connectivity index (χ4n) is 2.42. The molecule has 0 spiro atoms. The van der Waals surface area contributed by atoms with Gasteiger partial charge in [-0.05, 0) is 68.6 Å². The molecular formula is C17H27NO. The first-order valence-electron chi connectivity index (χ1n) is 7.58. The topological polar surface area (TPSA) is 35.2 Å². The molecule has 0 amide bonds. The molecule has 0 radical (unpaired) electrons. The van der Waals surface area contributed by atoms with Crippen molar-refractivity contribution in [3.8, 4) is 0 Å². The monoisotopic (exact) mass is 261 g/mol. The van der Waals surface area contributed by atoms with E-state index in [9.17, 15) is 0 Å². The molecule has 0 aromatic rings. The van der Waals surface area contributed by atoms with Gasteiger partial charge < -0.3 is 10.5 Å². The summed E-state index contributed by atoms with van der Waals surface area (Å²) in [5.74, 6) is 3.07. The third kappa shape index (κ3) is 3.97. The van der Waals surface area contributed by atoms with Crippen LogP contribution in [0.2, 0.25) is 0 Å². The molecule has 0 aromatic carbocycles. The lowest BCUT2D eigenvalue weighted by molar-refractivity contribution is 0.203. The molecule has 2 fully saturated rings. The van der Waals surface area contributed by atoms with E-state index in [1.54, 1.807) is 0 Å². The summed E-state index contributed by atoms with van der Waals surface area (Å²) in [4.78, 5) is 0. The van der Waals surface area contributed by atoms with Crippen LogP contribution < -0.4 is 5.73 Å². The van der Waals surface area contributed by atoms with E-state index in [1.807, 2.05) is 0 Å². The van der Waals surface area contributed by atoms with Gasteiger partial charge in [0.1, 0.15) is 5.76 Å². The van der Waals surface area contributed by atoms with Crippen LogP contribution in [-0.2, 0) is 4.74 Å². The Kier molecular flexibility index (Phi) is 4.87. The first-order valence-corrected chi connectivity index (χ1v) is 7.58. The Morgan fingerprint density at radius 3 is 2.63 bits per heavy atom. The number of hydrogen-bond acceptors (Lipinski definition) is 2. The average Bonchev–Trinajstić information content (AvgIpc) is 3.30. The van der Waals surface area contributed by atoms with Crippen molar-refractivity contribution in [3.05, 3.63) is 35.6 Å². The molecule has 2 N–H and O–H groups in total. The van der Waals surface area contributed by atoms with Crippen molar-refractivity contribution in [2.75, 3.05) is 13.2 Å². The Labute approximate surface area is 117 Å². The fraction of sp³-hybridized carbons (Fsp3) is 0.647. The quantitative estimate of drug-likeness (QED) is 0.533. The summed E-state index contributed by atoms with van der Waals surface area (Å²) in [5.41, 5.74) is 8.24. The average molecular weight is 261 g/mol. The highest BCUT2D eigenvalue weighted by molar-refractivity contribution is 5.37. The van der Waals surface area contributed by atoms with Gasteiger partial charge in [-0.15, -0.1) is 0 Å². The standard InChI is InChI=1S/C17H27NO/c1-4-12(3)8-17(19-11-13-6-7-13)15(5-2)16-9-14(16)10-18/h5,8,13-14,16H,3-4,6-7,9-11,18H2,1-2H3. The smallest absolute Gasteiger partial charge is 0.122 e. The van der Waals surface area contributed by atoms with Crippen molar-refractivity contribution in [1.29, 1.82) is 0 Å². The number of rotatable bonds is 8. The third-order valence-corrected chi connectivity index (χ3v) is 4.18. The normalized spacial score (nSPS) is 27.3. The Bertz CT molecular complexity index is 390. The lowest BCUT2D eigenvalue weighted by atomic mass is 10.0. The first-order chi connectivity index (χ1) is 9.19. The molecule has 2 nitrogen and oxygen atoms in total. The molecule has 0 heterocycles. The molecular weight excluding hydrogens is 234 g/mol. The van der Waals surface area contributed by atoms with E-state index in [0.717, 1.165) is 36.8 Å². The van der Waals surface area contributed by atoms with Crippen molar-refractivity contribution < 1.29 is 4.74 Å². The predicted molar refractivity (Wildman–Crippen MR) is 80.6 cm³/mol. The second-order valence-electron chi connectivity index (χ2n) is 5.86. The van der Waals surface area contributed by atoms with Gasteiger partial charge in [-0.3, -0.25) is 0 Å². The summed E-state index contributed by atoms with van der Waals surface area (Å²) in [7, 11) is 0. The lowest BCUT2D eigenvalue weighted by Gasteiger charge is -2.14. The molecule has 2 heteroatoms. The summed E-state index contributed by atoms with van der Waals surface area (Å²) < 4.78 is 6.08. The minimum Gasteiger partial charge on any atom is -0.493 e. The second kappa shape index (κ2) is 6.42. The molecule has 0 aliphatic heterocycles. The van der Waals surface area contributed by atoms with Crippen molar-refractivity contribution in [3.63, 3.8) is 0 Å². The van der Waals surface area contributed by atoms with E-state index in [4.69, 9.17) is 10.5 Å².